The second-order valence-corrected chi connectivity index (χ2v) is 6.33. The molecule has 0 bridgehead atoms. The molecule has 0 aliphatic heterocycles. The van der Waals surface area contributed by atoms with Gasteiger partial charge in [0.05, 0.1) is 0 Å². The van der Waals surface area contributed by atoms with Crippen molar-refractivity contribution in [3.05, 3.63) is 0 Å². The van der Waals surface area contributed by atoms with Crippen molar-refractivity contribution in [2.75, 3.05) is 0 Å². The van der Waals surface area contributed by atoms with Crippen molar-refractivity contribution in [3.63, 3.8) is 0 Å². The maximum atomic E-state index is 2.52. The lowest BCUT2D eigenvalue weighted by Crippen LogP contribution is -2.39. The van der Waals surface area contributed by atoms with E-state index < -0.39 is 0 Å². The highest BCUT2D eigenvalue weighted by Crippen LogP contribution is 2.52. The third-order valence-corrected chi connectivity index (χ3v) is 5.08. The Kier molecular flexibility index (Phi) is 2.91. The van der Waals surface area contributed by atoms with Crippen LogP contribution < -0.4 is 0 Å². The van der Waals surface area contributed by atoms with E-state index in [-0.39, 0.29) is 0 Å². The Hall–Kier alpha value is 0. The van der Waals surface area contributed by atoms with Gasteiger partial charge in [-0.05, 0) is 42.4 Å². The normalized spacial score (nSPS) is 41.8. The lowest BCUT2D eigenvalue weighted by atomic mass is 9.57. The minimum atomic E-state index is 0.650. The molecule has 82 valence electrons. The number of rotatable bonds is 1. The van der Waals surface area contributed by atoms with Crippen molar-refractivity contribution in [1.29, 1.82) is 0 Å². The molecule has 2 rings (SSSR count). The van der Waals surface area contributed by atoms with Crippen LogP contribution in [-0.4, -0.2) is 0 Å². The summed E-state index contributed by atoms with van der Waals surface area (Å²) in [6.45, 7) is 7.41. The Balaban J connectivity index is 2.06. The monoisotopic (exact) mass is 194 g/mol. The Labute approximate surface area is 89.5 Å². The van der Waals surface area contributed by atoms with E-state index in [9.17, 15) is 0 Å². The summed E-state index contributed by atoms with van der Waals surface area (Å²) in [6, 6.07) is 0. The van der Waals surface area contributed by atoms with Crippen LogP contribution in [0.4, 0.5) is 0 Å². The van der Waals surface area contributed by atoms with Gasteiger partial charge in [-0.2, -0.15) is 0 Å². The fourth-order valence-corrected chi connectivity index (χ4v) is 4.00. The summed E-state index contributed by atoms with van der Waals surface area (Å²) in [5.74, 6) is 3.19. The fourth-order valence-electron chi connectivity index (χ4n) is 4.00. The smallest absolute Gasteiger partial charge is 0.0323 e. The lowest BCUT2D eigenvalue weighted by molar-refractivity contribution is 0.0177. The van der Waals surface area contributed by atoms with Gasteiger partial charge in [-0.25, -0.2) is 0 Å². The number of fused-ring (bicyclic) bond motifs is 1. The predicted octanol–water partition coefficient (Wildman–Crippen LogP) is 4.64. The molecule has 0 aromatic heterocycles. The summed E-state index contributed by atoms with van der Waals surface area (Å²) in [5, 5.41) is 0. The van der Waals surface area contributed by atoms with E-state index in [1.807, 2.05) is 0 Å². The maximum Gasteiger partial charge on any atom is -0.0323 e. The van der Waals surface area contributed by atoms with Crippen molar-refractivity contribution < 1.29 is 0 Å². The molecule has 3 unspecified atom stereocenters. The van der Waals surface area contributed by atoms with Crippen molar-refractivity contribution in [1.82, 2.24) is 0 Å². The van der Waals surface area contributed by atoms with Crippen molar-refractivity contribution in [3.8, 4) is 0 Å². The SMILES string of the molecule is CCC1CCC2CCCC(C)(C)C2C1. The van der Waals surface area contributed by atoms with Crippen LogP contribution in [-0.2, 0) is 0 Å². The van der Waals surface area contributed by atoms with Crippen molar-refractivity contribution >= 4 is 0 Å². The van der Waals surface area contributed by atoms with Crippen LogP contribution in [0.5, 0.6) is 0 Å². The van der Waals surface area contributed by atoms with E-state index >= 15 is 0 Å². The number of hydrogen-bond acceptors (Lipinski definition) is 0. The van der Waals surface area contributed by atoms with Gasteiger partial charge in [-0.15, -0.1) is 0 Å². The molecule has 0 nitrogen and oxygen atoms in total. The van der Waals surface area contributed by atoms with Gasteiger partial charge in [0, 0.05) is 0 Å². The van der Waals surface area contributed by atoms with E-state index in [1.54, 1.807) is 0 Å². The van der Waals surface area contributed by atoms with Gasteiger partial charge < -0.3 is 0 Å². The number of hydrogen-bond donors (Lipinski definition) is 0. The average Bonchev–Trinajstić information content (AvgIpc) is 2.17. The van der Waals surface area contributed by atoms with Gasteiger partial charge in [0.1, 0.15) is 0 Å². The van der Waals surface area contributed by atoms with Crippen molar-refractivity contribution in [2.45, 2.75) is 65.7 Å². The Morgan fingerprint density at radius 3 is 2.64 bits per heavy atom. The van der Waals surface area contributed by atoms with Gasteiger partial charge in [-0.3, -0.25) is 0 Å². The summed E-state index contributed by atoms with van der Waals surface area (Å²) >= 11 is 0. The lowest BCUT2D eigenvalue weighted by Gasteiger charge is -2.49. The second-order valence-electron chi connectivity index (χ2n) is 6.33. The Morgan fingerprint density at radius 2 is 1.93 bits per heavy atom. The van der Waals surface area contributed by atoms with Gasteiger partial charge >= 0.3 is 0 Å². The van der Waals surface area contributed by atoms with Gasteiger partial charge in [0.2, 0.25) is 0 Å². The standard InChI is InChI=1S/C14H26/c1-4-11-7-8-12-6-5-9-14(2,3)13(12)10-11/h11-13H,4-10H2,1-3H3. The van der Waals surface area contributed by atoms with Crippen LogP contribution in [0.1, 0.15) is 65.7 Å². The maximum absolute atomic E-state index is 2.52. The zero-order valence-electron chi connectivity index (χ0n) is 10.2. The van der Waals surface area contributed by atoms with Crippen LogP contribution in [0.25, 0.3) is 0 Å². The molecular formula is C14H26. The summed E-state index contributed by atoms with van der Waals surface area (Å²) in [5.41, 5.74) is 0.650. The molecule has 0 N–H and O–H groups in total. The average molecular weight is 194 g/mol. The largest absolute Gasteiger partial charge is 0.0651 e. The Morgan fingerprint density at radius 1 is 1.14 bits per heavy atom. The molecule has 14 heavy (non-hydrogen) atoms. The molecule has 2 aliphatic carbocycles. The first-order chi connectivity index (χ1) is 6.63. The van der Waals surface area contributed by atoms with Crippen LogP contribution >= 0.6 is 0 Å². The molecule has 2 saturated carbocycles. The molecule has 0 radical (unpaired) electrons. The van der Waals surface area contributed by atoms with E-state index in [2.05, 4.69) is 20.8 Å². The van der Waals surface area contributed by atoms with E-state index in [0.29, 0.717) is 5.41 Å². The third kappa shape index (κ3) is 1.85. The fraction of sp³-hybridized carbons (Fsp3) is 1.00. The summed E-state index contributed by atoms with van der Waals surface area (Å²) in [6.07, 6.45) is 10.5. The zero-order valence-corrected chi connectivity index (χ0v) is 10.2. The van der Waals surface area contributed by atoms with Crippen LogP contribution in [0.2, 0.25) is 0 Å². The van der Waals surface area contributed by atoms with E-state index in [1.165, 1.54) is 44.9 Å². The van der Waals surface area contributed by atoms with E-state index in [4.69, 9.17) is 0 Å². The molecule has 2 aliphatic rings. The van der Waals surface area contributed by atoms with Gasteiger partial charge in [-0.1, -0.05) is 46.5 Å². The zero-order chi connectivity index (χ0) is 10.2. The van der Waals surface area contributed by atoms with Crippen LogP contribution in [0, 0.1) is 23.2 Å². The molecule has 3 atom stereocenters. The minimum absolute atomic E-state index is 0.650. The molecule has 0 heteroatoms. The molecule has 0 aromatic carbocycles. The molecule has 0 aromatic rings. The summed E-state index contributed by atoms with van der Waals surface area (Å²) in [7, 11) is 0. The molecule has 0 heterocycles. The molecule has 0 spiro atoms. The van der Waals surface area contributed by atoms with E-state index in [0.717, 1.165) is 17.8 Å². The van der Waals surface area contributed by atoms with Gasteiger partial charge in [0.15, 0.2) is 0 Å². The highest BCUT2D eigenvalue weighted by Gasteiger charge is 2.41. The highest BCUT2D eigenvalue weighted by molar-refractivity contribution is 4.92. The molecule has 2 fully saturated rings. The van der Waals surface area contributed by atoms with Crippen LogP contribution in [0.15, 0.2) is 0 Å². The third-order valence-electron chi connectivity index (χ3n) is 5.08. The first-order valence-corrected chi connectivity index (χ1v) is 6.63. The Bertz CT molecular complexity index is 192. The van der Waals surface area contributed by atoms with Gasteiger partial charge in [0.25, 0.3) is 0 Å². The topological polar surface area (TPSA) is 0 Å². The predicted molar refractivity (Wildman–Crippen MR) is 62.2 cm³/mol. The molecule has 0 saturated heterocycles. The highest BCUT2D eigenvalue weighted by atomic mass is 14.5. The van der Waals surface area contributed by atoms with Crippen molar-refractivity contribution in [2.24, 2.45) is 23.2 Å². The second kappa shape index (κ2) is 3.87. The van der Waals surface area contributed by atoms with Crippen LogP contribution in [0.3, 0.4) is 0 Å². The minimum Gasteiger partial charge on any atom is -0.0651 e. The first kappa shape index (κ1) is 10.5. The first-order valence-electron chi connectivity index (χ1n) is 6.63. The molecule has 0 amide bonds. The molecular weight excluding hydrogens is 168 g/mol. The summed E-state index contributed by atoms with van der Waals surface area (Å²) in [4.78, 5) is 0. The summed E-state index contributed by atoms with van der Waals surface area (Å²) < 4.78 is 0. The quantitative estimate of drug-likeness (QED) is 0.570.